The molecule has 1 aromatic carbocycles. The van der Waals surface area contributed by atoms with Crippen molar-refractivity contribution >= 4 is 17.7 Å². The summed E-state index contributed by atoms with van der Waals surface area (Å²) in [5, 5.41) is 21.2. The predicted octanol–water partition coefficient (Wildman–Crippen LogP) is 2.18. The second-order valence-electron chi connectivity index (χ2n) is 5.46. The lowest BCUT2D eigenvalue weighted by atomic mass is 10.1. The van der Waals surface area contributed by atoms with E-state index in [1.54, 1.807) is 0 Å². The summed E-state index contributed by atoms with van der Waals surface area (Å²) in [6.07, 6.45) is 3.07. The topological polar surface area (TPSA) is 89.9 Å². The second kappa shape index (κ2) is 6.47. The van der Waals surface area contributed by atoms with Crippen molar-refractivity contribution in [3.63, 3.8) is 0 Å². The molecule has 1 aliphatic carbocycles. The molecule has 21 heavy (non-hydrogen) atoms. The van der Waals surface area contributed by atoms with E-state index in [9.17, 15) is 14.7 Å². The van der Waals surface area contributed by atoms with E-state index in [-0.39, 0.29) is 11.8 Å². The maximum absolute atomic E-state index is 12.4. The highest BCUT2D eigenvalue weighted by Crippen LogP contribution is 2.25. The van der Waals surface area contributed by atoms with Crippen molar-refractivity contribution in [3.05, 3.63) is 24.3 Å². The lowest BCUT2D eigenvalue weighted by Crippen LogP contribution is -2.47. The molecule has 114 valence electrons. The molecule has 1 saturated carbocycles. The Bertz CT molecular complexity index is 515. The number of carboxylic acids is 1. The van der Waals surface area contributed by atoms with E-state index in [0.29, 0.717) is 11.6 Å². The minimum Gasteiger partial charge on any atom is -0.508 e. The van der Waals surface area contributed by atoms with Gasteiger partial charge in [-0.1, -0.05) is 13.3 Å². The van der Waals surface area contributed by atoms with Crippen molar-refractivity contribution in [1.82, 2.24) is 5.32 Å². The van der Waals surface area contributed by atoms with Crippen LogP contribution in [-0.4, -0.2) is 34.8 Å². The third-order valence-corrected chi connectivity index (χ3v) is 3.87. The van der Waals surface area contributed by atoms with Gasteiger partial charge in [-0.05, 0) is 43.0 Å². The second-order valence-corrected chi connectivity index (χ2v) is 5.46. The maximum Gasteiger partial charge on any atom is 0.323 e. The summed E-state index contributed by atoms with van der Waals surface area (Å²) < 4.78 is 0. The van der Waals surface area contributed by atoms with Gasteiger partial charge in [0.25, 0.3) is 0 Å². The molecule has 2 rings (SSSR count). The van der Waals surface area contributed by atoms with Gasteiger partial charge < -0.3 is 15.5 Å². The molecule has 3 N–H and O–H groups in total. The number of urea groups is 1. The molecule has 0 spiro atoms. The van der Waals surface area contributed by atoms with Gasteiger partial charge in [0.15, 0.2) is 0 Å². The summed E-state index contributed by atoms with van der Waals surface area (Å²) in [5.41, 5.74) is 0.443. The highest BCUT2D eigenvalue weighted by molar-refractivity contribution is 5.96. The van der Waals surface area contributed by atoms with Crippen molar-refractivity contribution in [2.45, 2.75) is 32.2 Å². The quantitative estimate of drug-likeness (QED) is 0.793. The van der Waals surface area contributed by atoms with Gasteiger partial charge in [-0.3, -0.25) is 9.69 Å². The van der Waals surface area contributed by atoms with E-state index < -0.39 is 18.5 Å². The number of anilines is 1. The Morgan fingerprint density at radius 3 is 2.48 bits per heavy atom. The fraction of sp³-hybridized carbons (Fsp3) is 0.467. The molecule has 0 radical (unpaired) electrons. The van der Waals surface area contributed by atoms with Crippen molar-refractivity contribution in [2.24, 2.45) is 5.92 Å². The van der Waals surface area contributed by atoms with Gasteiger partial charge in [-0.2, -0.15) is 0 Å². The Morgan fingerprint density at radius 1 is 1.29 bits per heavy atom. The Balaban J connectivity index is 2.13. The minimum absolute atomic E-state index is 0.0684. The van der Waals surface area contributed by atoms with Gasteiger partial charge in [0.2, 0.25) is 0 Å². The highest BCUT2D eigenvalue weighted by Gasteiger charge is 2.27. The number of aromatic hydroxyl groups is 1. The maximum atomic E-state index is 12.4. The van der Waals surface area contributed by atoms with Crippen LogP contribution in [0.25, 0.3) is 0 Å². The summed E-state index contributed by atoms with van der Waals surface area (Å²) in [4.78, 5) is 24.5. The first-order valence-corrected chi connectivity index (χ1v) is 7.06. The smallest absolute Gasteiger partial charge is 0.323 e. The van der Waals surface area contributed by atoms with Crippen molar-refractivity contribution in [2.75, 3.05) is 11.4 Å². The van der Waals surface area contributed by atoms with Gasteiger partial charge in [0.1, 0.15) is 12.3 Å². The van der Waals surface area contributed by atoms with Crippen molar-refractivity contribution < 1.29 is 19.8 Å². The van der Waals surface area contributed by atoms with Gasteiger partial charge in [0.05, 0.1) is 0 Å². The Hall–Kier alpha value is -2.24. The van der Waals surface area contributed by atoms with Crippen LogP contribution >= 0.6 is 0 Å². The highest BCUT2D eigenvalue weighted by atomic mass is 16.4. The number of amides is 2. The number of carbonyl (C=O) groups is 2. The molecule has 0 aliphatic heterocycles. The number of nitrogens with zero attached hydrogens (tertiary/aromatic N) is 1. The largest absolute Gasteiger partial charge is 0.508 e. The van der Waals surface area contributed by atoms with Crippen LogP contribution in [-0.2, 0) is 4.79 Å². The van der Waals surface area contributed by atoms with Crippen LogP contribution in [0, 0.1) is 5.92 Å². The van der Waals surface area contributed by atoms with Crippen LogP contribution in [0.2, 0.25) is 0 Å². The number of hydrogen-bond donors (Lipinski definition) is 3. The zero-order valence-electron chi connectivity index (χ0n) is 12.0. The van der Waals surface area contributed by atoms with Crippen LogP contribution in [0.1, 0.15) is 26.2 Å². The SMILES string of the molecule is CC1CCCC1NC(=O)N(CC(=O)O)c1ccc(O)cc1. The van der Waals surface area contributed by atoms with Crippen molar-refractivity contribution in [3.8, 4) is 5.75 Å². The van der Waals surface area contributed by atoms with E-state index in [4.69, 9.17) is 5.11 Å². The minimum atomic E-state index is -1.09. The van der Waals surface area contributed by atoms with Gasteiger partial charge >= 0.3 is 12.0 Å². The van der Waals surface area contributed by atoms with E-state index in [2.05, 4.69) is 12.2 Å². The number of phenolic OH excluding ortho intramolecular Hbond substituents is 1. The molecule has 2 amide bonds. The number of rotatable bonds is 4. The normalized spacial score (nSPS) is 21.0. The lowest BCUT2D eigenvalue weighted by Gasteiger charge is -2.25. The summed E-state index contributed by atoms with van der Waals surface area (Å²) in [5.74, 6) is -0.614. The fourth-order valence-electron chi connectivity index (χ4n) is 2.64. The average Bonchev–Trinajstić information content (AvgIpc) is 2.82. The molecule has 0 aromatic heterocycles. The molecule has 2 atom stereocenters. The number of carbonyl (C=O) groups excluding carboxylic acids is 1. The van der Waals surface area contributed by atoms with Crippen LogP contribution in [0.3, 0.4) is 0 Å². The zero-order chi connectivity index (χ0) is 15.4. The van der Waals surface area contributed by atoms with Crippen LogP contribution in [0.15, 0.2) is 24.3 Å². The molecule has 0 heterocycles. The van der Waals surface area contributed by atoms with Gasteiger partial charge in [0, 0.05) is 11.7 Å². The molecular weight excluding hydrogens is 272 g/mol. The van der Waals surface area contributed by atoms with Crippen LogP contribution in [0.5, 0.6) is 5.75 Å². The Morgan fingerprint density at radius 2 is 1.95 bits per heavy atom. The summed E-state index contributed by atoms with van der Waals surface area (Å²) in [7, 11) is 0. The molecule has 2 unspecified atom stereocenters. The monoisotopic (exact) mass is 292 g/mol. The average molecular weight is 292 g/mol. The first kappa shape index (κ1) is 15.2. The summed E-state index contributed by atoms with van der Waals surface area (Å²) >= 11 is 0. The number of carboxylic acid groups (broad SMARTS) is 1. The van der Waals surface area contributed by atoms with Crippen molar-refractivity contribution in [1.29, 1.82) is 0 Å². The summed E-state index contributed by atoms with van der Waals surface area (Å²) in [6.45, 7) is 1.66. The Labute approximate surface area is 123 Å². The first-order chi connectivity index (χ1) is 9.97. The molecule has 1 aromatic rings. The van der Waals surface area contributed by atoms with E-state index in [1.165, 1.54) is 29.2 Å². The number of aliphatic carboxylic acids is 1. The first-order valence-electron chi connectivity index (χ1n) is 7.06. The molecule has 1 fully saturated rings. The lowest BCUT2D eigenvalue weighted by molar-refractivity contribution is -0.135. The Kier molecular flexibility index (Phi) is 4.67. The van der Waals surface area contributed by atoms with Gasteiger partial charge in [-0.25, -0.2) is 4.79 Å². The van der Waals surface area contributed by atoms with Crippen LogP contribution in [0.4, 0.5) is 10.5 Å². The number of hydrogen-bond acceptors (Lipinski definition) is 3. The van der Waals surface area contributed by atoms with Gasteiger partial charge in [-0.15, -0.1) is 0 Å². The van der Waals surface area contributed by atoms with Crippen LogP contribution < -0.4 is 10.2 Å². The molecular formula is C15H20N2O4. The summed E-state index contributed by atoms with van der Waals surface area (Å²) in [6, 6.07) is 5.57. The molecule has 0 bridgehead atoms. The van der Waals surface area contributed by atoms with E-state index >= 15 is 0 Å². The molecule has 1 aliphatic rings. The third-order valence-electron chi connectivity index (χ3n) is 3.87. The third kappa shape index (κ3) is 3.87. The molecule has 6 nitrogen and oxygen atoms in total. The molecule has 0 saturated heterocycles. The molecule has 6 heteroatoms. The fourth-order valence-corrected chi connectivity index (χ4v) is 2.64. The number of nitrogens with one attached hydrogen (secondary N) is 1. The van der Waals surface area contributed by atoms with E-state index in [0.717, 1.165) is 19.3 Å². The zero-order valence-corrected chi connectivity index (χ0v) is 12.0. The predicted molar refractivity (Wildman–Crippen MR) is 78.4 cm³/mol. The van der Waals surface area contributed by atoms with E-state index in [1.807, 2.05) is 0 Å². The standard InChI is InChI=1S/C15H20N2O4/c1-10-3-2-4-13(10)16-15(21)17(9-14(19)20)11-5-7-12(18)8-6-11/h5-8,10,13,18H,2-4,9H2,1H3,(H,16,21)(H,19,20). The number of benzene rings is 1. The number of phenols is 1.